The van der Waals surface area contributed by atoms with Crippen LogP contribution in [0, 0.1) is 5.92 Å². The van der Waals surface area contributed by atoms with Gasteiger partial charge in [-0.3, -0.25) is 4.79 Å². The van der Waals surface area contributed by atoms with Crippen LogP contribution in [-0.2, 0) is 4.79 Å². The number of hydrogen-bond acceptors (Lipinski definition) is 3. The van der Waals surface area contributed by atoms with E-state index >= 15 is 0 Å². The van der Waals surface area contributed by atoms with Crippen LogP contribution in [0.1, 0.15) is 12.8 Å². The number of carbonyl (C=O) groups is 1. The van der Waals surface area contributed by atoms with Crippen molar-refractivity contribution in [1.29, 1.82) is 0 Å². The van der Waals surface area contributed by atoms with Crippen LogP contribution < -0.4 is 5.32 Å². The number of hydrogen-bond donors (Lipinski definition) is 2. The first kappa shape index (κ1) is 13.9. The molecule has 1 aromatic heterocycles. The summed E-state index contributed by atoms with van der Waals surface area (Å²) in [5.41, 5.74) is 2.93. The van der Waals surface area contributed by atoms with Crippen LogP contribution in [0.25, 0.3) is 22.3 Å². The summed E-state index contributed by atoms with van der Waals surface area (Å²) in [5.74, 6) is -0.0297. The second-order valence-electron chi connectivity index (χ2n) is 6.07. The zero-order valence-electron chi connectivity index (χ0n) is 12.5. The van der Waals surface area contributed by atoms with Crippen molar-refractivity contribution in [3.05, 3.63) is 54.6 Å². The molecule has 0 unspecified atom stereocenters. The average molecular weight is 307 g/mol. The van der Waals surface area contributed by atoms with E-state index in [9.17, 15) is 4.79 Å². The molecule has 1 aliphatic rings. The lowest BCUT2D eigenvalue weighted by atomic mass is 9.80. The largest absolute Gasteiger partial charge is 0.481 e. The molecule has 0 radical (unpaired) electrons. The van der Waals surface area contributed by atoms with Gasteiger partial charge >= 0.3 is 5.97 Å². The molecule has 1 aliphatic carbocycles. The quantitative estimate of drug-likeness (QED) is 0.751. The highest BCUT2D eigenvalue weighted by Gasteiger charge is 2.34. The zero-order chi connectivity index (χ0) is 15.8. The summed E-state index contributed by atoms with van der Waals surface area (Å²) in [6.07, 6.45) is 1.39. The van der Waals surface area contributed by atoms with E-state index in [1.54, 1.807) is 0 Å². The van der Waals surface area contributed by atoms with E-state index in [0.29, 0.717) is 12.8 Å². The number of furan rings is 1. The fourth-order valence-corrected chi connectivity index (χ4v) is 3.03. The molecule has 23 heavy (non-hydrogen) atoms. The van der Waals surface area contributed by atoms with Gasteiger partial charge in [0.05, 0.1) is 5.92 Å². The topological polar surface area (TPSA) is 62.5 Å². The SMILES string of the molecule is O=C(O)C1CC(Nc2ccc(-c3cc4ccccc4o3)cc2)C1. The van der Waals surface area contributed by atoms with Crippen LogP contribution in [0.4, 0.5) is 5.69 Å². The second-order valence-corrected chi connectivity index (χ2v) is 6.07. The summed E-state index contributed by atoms with van der Waals surface area (Å²) in [7, 11) is 0. The first-order valence-electron chi connectivity index (χ1n) is 7.77. The van der Waals surface area contributed by atoms with Gasteiger partial charge < -0.3 is 14.8 Å². The molecule has 0 spiro atoms. The van der Waals surface area contributed by atoms with E-state index in [-0.39, 0.29) is 12.0 Å². The molecule has 0 aliphatic heterocycles. The minimum Gasteiger partial charge on any atom is -0.481 e. The van der Waals surface area contributed by atoms with Crippen LogP contribution >= 0.6 is 0 Å². The van der Waals surface area contributed by atoms with Gasteiger partial charge in [0.25, 0.3) is 0 Å². The maximum Gasteiger partial charge on any atom is 0.306 e. The van der Waals surface area contributed by atoms with Gasteiger partial charge in [-0.25, -0.2) is 0 Å². The van der Waals surface area contributed by atoms with Gasteiger partial charge in [-0.1, -0.05) is 18.2 Å². The predicted molar refractivity (Wildman–Crippen MR) is 89.4 cm³/mol. The Bertz CT molecular complexity index is 811. The third-order valence-electron chi connectivity index (χ3n) is 4.45. The molecule has 0 atom stereocenters. The number of fused-ring (bicyclic) bond motifs is 1. The Morgan fingerprint density at radius 3 is 2.52 bits per heavy atom. The van der Waals surface area contributed by atoms with Crippen LogP contribution in [0.2, 0.25) is 0 Å². The highest BCUT2D eigenvalue weighted by Crippen LogP contribution is 2.32. The molecular formula is C19H17NO3. The van der Waals surface area contributed by atoms with Crippen molar-refractivity contribution < 1.29 is 14.3 Å². The van der Waals surface area contributed by atoms with Crippen molar-refractivity contribution in [2.45, 2.75) is 18.9 Å². The van der Waals surface area contributed by atoms with E-state index < -0.39 is 5.97 Å². The maximum absolute atomic E-state index is 10.8. The van der Waals surface area contributed by atoms with Crippen LogP contribution in [0.3, 0.4) is 0 Å². The summed E-state index contributed by atoms with van der Waals surface area (Å²) < 4.78 is 5.86. The maximum atomic E-state index is 10.8. The summed E-state index contributed by atoms with van der Waals surface area (Å²) in [6.45, 7) is 0. The minimum atomic E-state index is -0.691. The first-order chi connectivity index (χ1) is 11.2. The van der Waals surface area contributed by atoms with Crippen molar-refractivity contribution in [3.8, 4) is 11.3 Å². The Morgan fingerprint density at radius 2 is 1.83 bits per heavy atom. The molecule has 1 saturated carbocycles. The normalized spacial score (nSPS) is 20.2. The number of anilines is 1. The van der Waals surface area contributed by atoms with E-state index in [0.717, 1.165) is 28.0 Å². The molecule has 116 valence electrons. The van der Waals surface area contributed by atoms with Gasteiger partial charge in [-0.05, 0) is 49.2 Å². The van der Waals surface area contributed by atoms with Crippen LogP contribution in [0.15, 0.2) is 59.0 Å². The lowest BCUT2D eigenvalue weighted by Gasteiger charge is -2.33. The first-order valence-corrected chi connectivity index (χ1v) is 7.77. The number of para-hydroxylation sites is 1. The molecule has 0 bridgehead atoms. The number of rotatable bonds is 4. The molecule has 4 nitrogen and oxygen atoms in total. The lowest BCUT2D eigenvalue weighted by molar-refractivity contribution is -0.144. The fraction of sp³-hybridized carbons (Fsp3) is 0.211. The lowest BCUT2D eigenvalue weighted by Crippen LogP contribution is -2.39. The Balaban J connectivity index is 1.46. The Morgan fingerprint density at radius 1 is 1.09 bits per heavy atom. The highest BCUT2D eigenvalue weighted by molar-refractivity contribution is 5.82. The number of aliphatic carboxylic acids is 1. The molecule has 2 aromatic carbocycles. The number of carboxylic acid groups (broad SMARTS) is 1. The molecule has 2 N–H and O–H groups in total. The van der Waals surface area contributed by atoms with Gasteiger partial charge in [-0.2, -0.15) is 0 Å². The zero-order valence-corrected chi connectivity index (χ0v) is 12.5. The van der Waals surface area contributed by atoms with E-state index in [1.807, 2.05) is 54.6 Å². The third-order valence-corrected chi connectivity index (χ3v) is 4.45. The molecule has 4 rings (SSSR count). The Hall–Kier alpha value is -2.75. The van der Waals surface area contributed by atoms with Crippen molar-refractivity contribution in [3.63, 3.8) is 0 Å². The number of carboxylic acids is 1. The van der Waals surface area contributed by atoms with Crippen LogP contribution in [-0.4, -0.2) is 17.1 Å². The molecular weight excluding hydrogens is 290 g/mol. The van der Waals surface area contributed by atoms with E-state index in [4.69, 9.17) is 9.52 Å². The molecule has 1 fully saturated rings. The minimum absolute atomic E-state index is 0.192. The third kappa shape index (κ3) is 2.68. The molecule has 3 aromatic rings. The molecule has 0 saturated heterocycles. The summed E-state index contributed by atoms with van der Waals surface area (Å²) in [6, 6.07) is 18.3. The second kappa shape index (κ2) is 5.47. The van der Waals surface area contributed by atoms with Crippen LogP contribution in [0.5, 0.6) is 0 Å². The molecule has 4 heteroatoms. The van der Waals surface area contributed by atoms with Gasteiger partial charge in [0, 0.05) is 22.7 Å². The summed E-state index contributed by atoms with van der Waals surface area (Å²) in [5, 5.41) is 13.4. The summed E-state index contributed by atoms with van der Waals surface area (Å²) >= 11 is 0. The van der Waals surface area contributed by atoms with Crippen molar-refractivity contribution >= 4 is 22.6 Å². The fourth-order valence-electron chi connectivity index (χ4n) is 3.03. The van der Waals surface area contributed by atoms with E-state index in [2.05, 4.69) is 5.32 Å². The predicted octanol–water partition coefficient (Wildman–Crippen LogP) is 4.37. The van der Waals surface area contributed by atoms with Gasteiger partial charge in [0.1, 0.15) is 11.3 Å². The van der Waals surface area contributed by atoms with Crippen molar-refractivity contribution in [2.24, 2.45) is 5.92 Å². The standard InChI is InChI=1S/C19H17NO3/c21-19(22)14-9-16(10-14)20-15-7-5-12(6-8-15)18-11-13-3-1-2-4-17(13)23-18/h1-8,11,14,16,20H,9-10H2,(H,21,22). The van der Waals surface area contributed by atoms with Crippen molar-refractivity contribution in [1.82, 2.24) is 0 Å². The number of nitrogens with one attached hydrogen (secondary N) is 1. The smallest absolute Gasteiger partial charge is 0.306 e. The van der Waals surface area contributed by atoms with Gasteiger partial charge in [-0.15, -0.1) is 0 Å². The van der Waals surface area contributed by atoms with Gasteiger partial charge in [0.2, 0.25) is 0 Å². The Labute approximate surface area is 133 Å². The van der Waals surface area contributed by atoms with E-state index in [1.165, 1.54) is 0 Å². The average Bonchev–Trinajstić information content (AvgIpc) is 2.94. The highest BCUT2D eigenvalue weighted by atomic mass is 16.4. The molecule has 1 heterocycles. The van der Waals surface area contributed by atoms with Gasteiger partial charge in [0.15, 0.2) is 0 Å². The summed E-state index contributed by atoms with van der Waals surface area (Å²) in [4.78, 5) is 10.8. The van der Waals surface area contributed by atoms with Crippen molar-refractivity contribution in [2.75, 3.05) is 5.32 Å². The molecule has 0 amide bonds. The number of benzene rings is 2. The monoisotopic (exact) mass is 307 g/mol. The Kier molecular flexibility index (Phi) is 3.30.